The summed E-state index contributed by atoms with van der Waals surface area (Å²) in [5.74, 6) is 0. The molecule has 11 heavy (non-hydrogen) atoms. The first kappa shape index (κ1) is 13.7. The fourth-order valence-electron chi connectivity index (χ4n) is 0. The molecule has 0 bridgehead atoms. The number of rotatable bonds is 1. The summed E-state index contributed by atoms with van der Waals surface area (Å²) >= 11 is 0. The third-order valence-corrected chi connectivity index (χ3v) is 1.32. The van der Waals surface area contributed by atoms with Gasteiger partial charge in [-0.1, -0.05) is 0 Å². The van der Waals surface area contributed by atoms with Crippen LogP contribution in [-0.2, 0) is 18.9 Å². The summed E-state index contributed by atoms with van der Waals surface area (Å²) in [4.78, 5) is 0. The second-order valence-electron chi connectivity index (χ2n) is 2.58. The molecule has 0 spiro atoms. The van der Waals surface area contributed by atoms with E-state index >= 15 is 0 Å². The minimum Gasteiger partial charge on any atom is -0.332 e. The molecule has 0 aromatic carbocycles. The molecule has 0 radical (unpaired) electrons. The Balaban J connectivity index is 0. The molecule has 6 heteroatoms. The molecule has 0 unspecified atom stereocenters. The van der Waals surface area contributed by atoms with Gasteiger partial charge >= 0.3 is 0 Å². The average Bonchev–Trinajstić information content (AvgIpc) is 1.59. The quantitative estimate of drug-likeness (QED) is 0.591. The van der Waals surface area contributed by atoms with Gasteiger partial charge in [0.2, 0.25) is 0 Å². The van der Waals surface area contributed by atoms with Crippen molar-refractivity contribution < 1.29 is 17.5 Å². The van der Waals surface area contributed by atoms with Crippen LogP contribution in [0.3, 0.4) is 0 Å². The first-order valence-corrected chi connectivity index (χ1v) is 7.64. The molecule has 0 fully saturated rings. The topological polar surface area (TPSA) is 60.4 Å². The fraction of sp³-hybridized carbons (Fsp3) is 1.00. The predicted molar refractivity (Wildman–Crippen MR) is 47.2 cm³/mol. The molecule has 0 heterocycles. The Morgan fingerprint density at radius 3 is 1.27 bits per heavy atom. The van der Waals surface area contributed by atoms with Crippen molar-refractivity contribution in [2.45, 2.75) is 0 Å². The predicted octanol–water partition coefficient (Wildman–Crippen LogP) is 0.831. The van der Waals surface area contributed by atoms with Gasteiger partial charge in [-0.15, -0.1) is 0 Å². The van der Waals surface area contributed by atoms with Crippen molar-refractivity contribution in [2.75, 3.05) is 33.0 Å². The van der Waals surface area contributed by atoms with Gasteiger partial charge in [0.1, 0.15) is 9.84 Å². The van der Waals surface area contributed by atoms with Crippen LogP contribution in [-0.4, -0.2) is 41.4 Å². The van der Waals surface area contributed by atoms with E-state index in [-0.39, 0.29) is 0 Å². The summed E-state index contributed by atoms with van der Waals surface area (Å²) in [5.41, 5.74) is 0. The molecular formula is C5H15O4PS. The normalized spacial score (nSPS) is 11.7. The third kappa shape index (κ3) is 68.1. The lowest BCUT2D eigenvalue weighted by molar-refractivity contribution is 0.404. The molecule has 0 aliphatic rings. The average molecular weight is 202 g/mol. The first-order valence-electron chi connectivity index (χ1n) is 2.82. The van der Waals surface area contributed by atoms with Gasteiger partial charge in [-0.3, -0.25) is 4.57 Å². The zero-order valence-corrected chi connectivity index (χ0v) is 9.20. The Kier molecular flexibility index (Phi) is 6.12. The van der Waals surface area contributed by atoms with E-state index in [1.807, 2.05) is 0 Å². The largest absolute Gasteiger partial charge is 0.332 e. The Morgan fingerprint density at radius 1 is 1.18 bits per heavy atom. The summed E-state index contributed by atoms with van der Waals surface area (Å²) < 4.78 is 34.1. The van der Waals surface area contributed by atoms with Crippen molar-refractivity contribution in [2.24, 2.45) is 0 Å². The van der Waals surface area contributed by atoms with E-state index in [1.165, 1.54) is 7.11 Å². The molecule has 0 aromatic heterocycles. The van der Waals surface area contributed by atoms with E-state index in [1.54, 1.807) is 13.3 Å². The lowest BCUT2D eigenvalue weighted by atomic mass is 11.8. The molecule has 0 aliphatic carbocycles. The highest BCUT2D eigenvalue weighted by Crippen LogP contribution is 2.35. The molecule has 70 valence electrons. The van der Waals surface area contributed by atoms with Gasteiger partial charge in [0.05, 0.1) is 0 Å². The minimum atomic E-state index is -2.67. The van der Waals surface area contributed by atoms with Crippen molar-refractivity contribution in [1.82, 2.24) is 0 Å². The highest BCUT2D eigenvalue weighted by molar-refractivity contribution is 7.89. The summed E-state index contributed by atoms with van der Waals surface area (Å²) in [6.45, 7) is 3.15. The maximum absolute atomic E-state index is 10.4. The second kappa shape index (κ2) is 4.91. The first-order chi connectivity index (χ1) is 4.56. The minimum absolute atomic E-state index is 1.16. The fourth-order valence-corrected chi connectivity index (χ4v) is 0. The van der Waals surface area contributed by atoms with Crippen LogP contribution >= 0.6 is 7.37 Å². The smallest absolute Gasteiger partial charge is 0.196 e. The molecule has 0 aliphatic heterocycles. The molecule has 0 aromatic rings. The van der Waals surface area contributed by atoms with Crippen LogP contribution in [0.1, 0.15) is 0 Å². The lowest BCUT2D eigenvalue weighted by Crippen LogP contribution is -1.86. The van der Waals surface area contributed by atoms with Crippen molar-refractivity contribution in [3.63, 3.8) is 0 Å². The third-order valence-electron chi connectivity index (χ3n) is 0.440. The molecular weight excluding hydrogens is 187 g/mol. The van der Waals surface area contributed by atoms with Crippen LogP contribution < -0.4 is 0 Å². The molecule has 0 atom stereocenters. The molecule has 0 rings (SSSR count). The molecule has 0 N–H and O–H groups in total. The van der Waals surface area contributed by atoms with Crippen LogP contribution in [0.15, 0.2) is 0 Å². The molecule has 0 saturated carbocycles. The maximum atomic E-state index is 10.4. The van der Waals surface area contributed by atoms with Crippen LogP contribution in [0.25, 0.3) is 0 Å². The summed E-state index contributed by atoms with van der Waals surface area (Å²) in [7, 11) is -3.37. The van der Waals surface area contributed by atoms with Gasteiger partial charge in [0.25, 0.3) is 0 Å². The van der Waals surface area contributed by atoms with Crippen molar-refractivity contribution in [3.8, 4) is 0 Å². The van der Waals surface area contributed by atoms with E-state index in [9.17, 15) is 13.0 Å². The Hall–Kier alpha value is 0.140. The second-order valence-corrected chi connectivity index (χ2v) is 7.73. The number of hydrogen-bond acceptors (Lipinski definition) is 4. The lowest BCUT2D eigenvalue weighted by Gasteiger charge is -1.98. The Labute approximate surface area is 68.3 Å². The summed E-state index contributed by atoms with van der Waals surface area (Å²) in [5, 5.41) is 0. The van der Waals surface area contributed by atoms with Crippen molar-refractivity contribution in [1.29, 1.82) is 0 Å². The van der Waals surface area contributed by atoms with Gasteiger partial charge in [0, 0.05) is 33.0 Å². The SMILES string of the molecule is COP(C)(C)=O.CS(C)(=O)=O. The number of hydrogen-bond donors (Lipinski definition) is 0. The molecule has 0 saturated heterocycles. The van der Waals surface area contributed by atoms with E-state index in [2.05, 4.69) is 4.52 Å². The molecule has 4 nitrogen and oxygen atoms in total. The van der Waals surface area contributed by atoms with Crippen molar-refractivity contribution in [3.05, 3.63) is 0 Å². The highest BCUT2D eigenvalue weighted by atomic mass is 32.2. The van der Waals surface area contributed by atoms with E-state index in [0.29, 0.717) is 0 Å². The standard InChI is InChI=1S/C3H9O2P.C2H6O2S/c1-5-6(2,3)4;1-5(2,3)4/h1-3H3;1-2H3. The zero-order valence-electron chi connectivity index (χ0n) is 7.49. The van der Waals surface area contributed by atoms with Gasteiger partial charge in [-0.25, -0.2) is 8.42 Å². The van der Waals surface area contributed by atoms with Crippen LogP contribution in [0, 0.1) is 0 Å². The van der Waals surface area contributed by atoms with Crippen LogP contribution in [0.4, 0.5) is 0 Å². The Bertz CT molecular complexity index is 217. The van der Waals surface area contributed by atoms with Gasteiger partial charge in [-0.05, 0) is 0 Å². The van der Waals surface area contributed by atoms with E-state index < -0.39 is 17.2 Å². The van der Waals surface area contributed by atoms with E-state index in [0.717, 1.165) is 12.5 Å². The van der Waals surface area contributed by atoms with Crippen molar-refractivity contribution >= 4 is 17.2 Å². The summed E-state index contributed by atoms with van der Waals surface area (Å²) in [6, 6.07) is 0. The number of sulfone groups is 1. The van der Waals surface area contributed by atoms with Gasteiger partial charge < -0.3 is 4.52 Å². The maximum Gasteiger partial charge on any atom is 0.196 e. The Morgan fingerprint density at radius 2 is 1.27 bits per heavy atom. The monoisotopic (exact) mass is 202 g/mol. The highest BCUT2D eigenvalue weighted by Gasteiger charge is 1.99. The van der Waals surface area contributed by atoms with Gasteiger partial charge in [0.15, 0.2) is 7.37 Å². The van der Waals surface area contributed by atoms with Gasteiger partial charge in [-0.2, -0.15) is 0 Å². The van der Waals surface area contributed by atoms with Crippen LogP contribution in [0.2, 0.25) is 0 Å². The molecule has 0 amide bonds. The summed E-state index contributed by atoms with van der Waals surface area (Å²) in [6.07, 6.45) is 2.32. The zero-order chi connectivity index (χ0) is 9.71. The van der Waals surface area contributed by atoms with E-state index in [4.69, 9.17) is 0 Å². The van der Waals surface area contributed by atoms with Crippen LogP contribution in [0.5, 0.6) is 0 Å².